The van der Waals surface area contributed by atoms with E-state index in [1.165, 1.54) is 25.7 Å². The number of rotatable bonds is 3. The molecule has 4 heteroatoms. The molecule has 0 bridgehead atoms. The van der Waals surface area contributed by atoms with Gasteiger partial charge in [-0.3, -0.25) is 0 Å². The molecule has 70 valence electrons. The maximum atomic E-state index is 10.2. The average molecular weight is 193 g/mol. The van der Waals surface area contributed by atoms with Crippen LogP contribution in [0.3, 0.4) is 0 Å². The van der Waals surface area contributed by atoms with Crippen LogP contribution in [0.2, 0.25) is 0 Å². The maximum absolute atomic E-state index is 10.2. The Kier molecular flexibility index (Phi) is 8.06. The minimum absolute atomic E-state index is 0. The number of carbonyl (C=O) groups excluding carboxylic acids is 1. The van der Waals surface area contributed by atoms with E-state index < -0.39 is 5.97 Å². The summed E-state index contributed by atoms with van der Waals surface area (Å²) in [5.41, 5.74) is 0. The number of nitrogens with one attached hydrogen (secondary N) is 1. The standard InChI is InChI=1S/C9H17NO2.Na/c11-9(12)7-10-8-5-3-1-2-4-6-8;/h8,10H,1-7H2,(H,11,12);/q;+1/p-1. The summed E-state index contributed by atoms with van der Waals surface area (Å²) in [4.78, 5) is 10.2. The Morgan fingerprint density at radius 1 is 1.23 bits per heavy atom. The zero-order valence-electron chi connectivity index (χ0n) is 8.34. The van der Waals surface area contributed by atoms with Gasteiger partial charge in [0, 0.05) is 12.6 Å². The van der Waals surface area contributed by atoms with Gasteiger partial charge < -0.3 is 15.2 Å². The fraction of sp³-hybridized carbons (Fsp3) is 0.889. The minimum atomic E-state index is -1.00. The second-order valence-corrected chi connectivity index (χ2v) is 3.44. The van der Waals surface area contributed by atoms with Crippen LogP contribution in [0, 0.1) is 0 Å². The molecule has 1 fully saturated rings. The van der Waals surface area contributed by atoms with E-state index in [1.54, 1.807) is 0 Å². The van der Waals surface area contributed by atoms with Crippen LogP contribution in [0.15, 0.2) is 0 Å². The van der Waals surface area contributed by atoms with Crippen molar-refractivity contribution in [3.8, 4) is 0 Å². The van der Waals surface area contributed by atoms with Crippen molar-refractivity contribution in [1.29, 1.82) is 0 Å². The van der Waals surface area contributed by atoms with Gasteiger partial charge in [-0.2, -0.15) is 0 Å². The molecule has 1 saturated carbocycles. The smallest absolute Gasteiger partial charge is 0.549 e. The Bertz CT molecular complexity index is 145. The van der Waals surface area contributed by atoms with Crippen molar-refractivity contribution in [2.45, 2.75) is 44.6 Å². The first-order chi connectivity index (χ1) is 5.79. The molecule has 0 spiro atoms. The molecule has 3 nitrogen and oxygen atoms in total. The van der Waals surface area contributed by atoms with Crippen molar-refractivity contribution in [2.24, 2.45) is 0 Å². The molecule has 1 N–H and O–H groups in total. The third-order valence-corrected chi connectivity index (χ3v) is 2.39. The topological polar surface area (TPSA) is 52.2 Å². The molecule has 1 rings (SSSR count). The third-order valence-electron chi connectivity index (χ3n) is 2.39. The van der Waals surface area contributed by atoms with Gasteiger partial charge in [-0.25, -0.2) is 0 Å². The van der Waals surface area contributed by atoms with Crippen molar-refractivity contribution >= 4 is 5.97 Å². The molecule has 0 heterocycles. The Morgan fingerprint density at radius 3 is 2.23 bits per heavy atom. The van der Waals surface area contributed by atoms with Crippen LogP contribution in [-0.2, 0) is 4.79 Å². The number of carboxylic acid groups (broad SMARTS) is 1. The van der Waals surface area contributed by atoms with Crippen LogP contribution in [0.1, 0.15) is 38.5 Å². The Hall–Kier alpha value is 0.430. The molecule has 0 aromatic rings. The number of carboxylic acids is 1. The van der Waals surface area contributed by atoms with Crippen molar-refractivity contribution in [3.05, 3.63) is 0 Å². The van der Waals surface area contributed by atoms with Gasteiger partial charge in [0.2, 0.25) is 0 Å². The Morgan fingerprint density at radius 2 is 1.77 bits per heavy atom. The van der Waals surface area contributed by atoms with Crippen LogP contribution < -0.4 is 40.0 Å². The van der Waals surface area contributed by atoms with E-state index in [0.29, 0.717) is 6.04 Å². The Balaban J connectivity index is 0.00000144. The molecular weight excluding hydrogens is 177 g/mol. The first kappa shape index (κ1) is 13.4. The summed E-state index contributed by atoms with van der Waals surface area (Å²) in [6.07, 6.45) is 7.28. The molecule has 0 radical (unpaired) electrons. The van der Waals surface area contributed by atoms with Crippen molar-refractivity contribution < 1.29 is 39.5 Å². The zero-order chi connectivity index (χ0) is 8.81. The van der Waals surface area contributed by atoms with Gasteiger partial charge in [0.25, 0.3) is 0 Å². The molecule has 0 atom stereocenters. The van der Waals surface area contributed by atoms with Gasteiger partial charge in [0.05, 0.1) is 5.97 Å². The first-order valence-corrected chi connectivity index (χ1v) is 4.72. The van der Waals surface area contributed by atoms with E-state index >= 15 is 0 Å². The van der Waals surface area contributed by atoms with E-state index in [9.17, 15) is 9.90 Å². The van der Waals surface area contributed by atoms with Gasteiger partial charge in [0.1, 0.15) is 0 Å². The van der Waals surface area contributed by atoms with Gasteiger partial charge in [0.15, 0.2) is 0 Å². The van der Waals surface area contributed by atoms with E-state index in [0.717, 1.165) is 12.8 Å². The summed E-state index contributed by atoms with van der Waals surface area (Å²) in [5.74, 6) is -1.00. The quantitative estimate of drug-likeness (QED) is 0.385. The summed E-state index contributed by atoms with van der Waals surface area (Å²) in [5, 5.41) is 13.2. The fourth-order valence-corrected chi connectivity index (χ4v) is 1.71. The first-order valence-electron chi connectivity index (χ1n) is 4.72. The molecule has 0 amide bonds. The van der Waals surface area contributed by atoms with E-state index in [2.05, 4.69) is 5.32 Å². The predicted octanol–water partition coefficient (Wildman–Crippen LogP) is -2.95. The largest absolute Gasteiger partial charge is 1.00 e. The number of hydrogen-bond acceptors (Lipinski definition) is 3. The van der Waals surface area contributed by atoms with Crippen LogP contribution >= 0.6 is 0 Å². The summed E-state index contributed by atoms with van der Waals surface area (Å²) in [6.45, 7) is 0.00463. The van der Waals surface area contributed by atoms with Crippen molar-refractivity contribution in [2.75, 3.05) is 6.54 Å². The number of carbonyl (C=O) groups is 1. The van der Waals surface area contributed by atoms with Crippen LogP contribution in [0.25, 0.3) is 0 Å². The average Bonchev–Trinajstić information content (AvgIpc) is 2.28. The SMILES string of the molecule is O=C([O-])CNC1CCCCCC1.[Na+]. The third kappa shape index (κ3) is 6.49. The predicted molar refractivity (Wildman–Crippen MR) is 44.5 cm³/mol. The van der Waals surface area contributed by atoms with E-state index in [-0.39, 0.29) is 36.1 Å². The van der Waals surface area contributed by atoms with E-state index in [4.69, 9.17) is 0 Å². The van der Waals surface area contributed by atoms with Crippen molar-refractivity contribution in [3.63, 3.8) is 0 Å². The summed E-state index contributed by atoms with van der Waals surface area (Å²) >= 11 is 0. The molecule has 0 aromatic carbocycles. The summed E-state index contributed by atoms with van der Waals surface area (Å²) in [7, 11) is 0. The monoisotopic (exact) mass is 193 g/mol. The minimum Gasteiger partial charge on any atom is -0.549 e. The molecule has 13 heavy (non-hydrogen) atoms. The molecule has 1 aliphatic carbocycles. The maximum Gasteiger partial charge on any atom is 1.00 e. The van der Waals surface area contributed by atoms with Crippen LogP contribution in [-0.4, -0.2) is 18.6 Å². The summed E-state index contributed by atoms with van der Waals surface area (Å²) in [6, 6.07) is 0.408. The summed E-state index contributed by atoms with van der Waals surface area (Å²) < 4.78 is 0. The van der Waals surface area contributed by atoms with Gasteiger partial charge in [-0.05, 0) is 12.8 Å². The van der Waals surface area contributed by atoms with Gasteiger partial charge in [-0.1, -0.05) is 25.7 Å². The normalized spacial score (nSPS) is 18.8. The molecule has 0 saturated heterocycles. The zero-order valence-corrected chi connectivity index (χ0v) is 10.3. The van der Waals surface area contributed by atoms with Gasteiger partial charge >= 0.3 is 29.6 Å². The van der Waals surface area contributed by atoms with Crippen molar-refractivity contribution in [1.82, 2.24) is 5.32 Å². The van der Waals surface area contributed by atoms with Gasteiger partial charge in [-0.15, -0.1) is 0 Å². The fourth-order valence-electron chi connectivity index (χ4n) is 1.71. The van der Waals surface area contributed by atoms with Crippen LogP contribution in [0.5, 0.6) is 0 Å². The second kappa shape index (κ2) is 7.80. The number of hydrogen-bond donors (Lipinski definition) is 1. The molecule has 0 aromatic heterocycles. The molecule has 0 aliphatic heterocycles. The molecule has 0 unspecified atom stereocenters. The van der Waals surface area contributed by atoms with Crippen LogP contribution in [0.4, 0.5) is 0 Å². The van der Waals surface area contributed by atoms with E-state index in [1.807, 2.05) is 0 Å². The number of aliphatic carboxylic acids is 1. The Labute approximate surface area is 102 Å². The second-order valence-electron chi connectivity index (χ2n) is 3.44. The molecule has 1 aliphatic rings. The molecular formula is C9H16NNaO2.